The molecular weight excluding hydrogens is 448 g/mol. The van der Waals surface area contributed by atoms with E-state index in [1.165, 1.54) is 11.8 Å². The molecule has 8 nitrogen and oxygen atoms in total. The molecule has 0 bridgehead atoms. The number of carbonyl (C=O) groups excluding carboxylic acids is 2. The van der Waals surface area contributed by atoms with Crippen LogP contribution in [0.1, 0.15) is 12.5 Å². The molecule has 1 N–H and O–H groups in total. The molecule has 2 aromatic carbocycles. The summed E-state index contributed by atoms with van der Waals surface area (Å²) in [5.74, 6) is 1.09. The molecule has 34 heavy (non-hydrogen) atoms. The van der Waals surface area contributed by atoms with Gasteiger partial charge in [-0.25, -0.2) is 0 Å². The highest BCUT2D eigenvalue weighted by atomic mass is 32.2. The zero-order valence-electron chi connectivity index (χ0n) is 19.2. The molecule has 5 rings (SSSR count). The summed E-state index contributed by atoms with van der Waals surface area (Å²) >= 11 is 1.39. The second-order valence-corrected chi connectivity index (χ2v) is 9.35. The molecule has 1 aliphatic heterocycles. The topological polar surface area (TPSA) is 87.1 Å². The molecular formula is C25H26N6O2S. The monoisotopic (exact) mass is 474 g/mol. The van der Waals surface area contributed by atoms with E-state index in [1.807, 2.05) is 46.0 Å². The van der Waals surface area contributed by atoms with Crippen molar-refractivity contribution >= 4 is 34.5 Å². The fraction of sp³-hybridized carbons (Fsp3) is 0.280. The number of aryl methyl sites for hydroxylation is 1. The molecule has 0 spiro atoms. The lowest BCUT2D eigenvalue weighted by molar-refractivity contribution is -0.136. The Morgan fingerprint density at radius 1 is 1.00 bits per heavy atom. The number of thioether (sulfide) groups is 1. The number of hydrogen-bond acceptors (Lipinski definition) is 5. The average Bonchev–Trinajstić information content (AvgIpc) is 3.46. The number of amides is 2. The maximum Gasteiger partial charge on any atom is 0.233 e. The number of piperazine rings is 1. The van der Waals surface area contributed by atoms with Crippen LogP contribution in [0.4, 0.5) is 0 Å². The van der Waals surface area contributed by atoms with Crippen molar-refractivity contribution in [3.63, 3.8) is 0 Å². The normalized spacial score (nSPS) is 14.1. The van der Waals surface area contributed by atoms with Crippen LogP contribution in [0.5, 0.6) is 0 Å². The largest absolute Gasteiger partial charge is 0.360 e. The van der Waals surface area contributed by atoms with Gasteiger partial charge in [0.15, 0.2) is 11.0 Å². The lowest BCUT2D eigenvalue weighted by Crippen LogP contribution is -2.50. The summed E-state index contributed by atoms with van der Waals surface area (Å²) in [5, 5.41) is 10.8. The molecule has 1 saturated heterocycles. The van der Waals surface area contributed by atoms with Gasteiger partial charge in [-0.1, -0.05) is 42.1 Å². The minimum absolute atomic E-state index is 0.0423. The Kier molecular flexibility index (Phi) is 6.10. The van der Waals surface area contributed by atoms with Crippen LogP contribution in [0, 0.1) is 6.92 Å². The van der Waals surface area contributed by atoms with Crippen molar-refractivity contribution in [2.75, 3.05) is 31.9 Å². The van der Waals surface area contributed by atoms with E-state index < -0.39 is 0 Å². The highest BCUT2D eigenvalue weighted by Gasteiger charge is 2.24. The Balaban J connectivity index is 1.43. The van der Waals surface area contributed by atoms with E-state index >= 15 is 0 Å². The lowest BCUT2D eigenvalue weighted by atomic mass is 10.1. The first-order chi connectivity index (χ1) is 16.5. The van der Waals surface area contributed by atoms with Gasteiger partial charge >= 0.3 is 0 Å². The summed E-state index contributed by atoms with van der Waals surface area (Å²) in [5.41, 5.74) is 4.08. The molecule has 1 aliphatic rings. The number of rotatable bonds is 5. The summed E-state index contributed by atoms with van der Waals surface area (Å²) < 4.78 is 2.02. The number of nitrogens with one attached hydrogen (secondary N) is 1. The van der Waals surface area contributed by atoms with Crippen molar-refractivity contribution in [1.82, 2.24) is 29.5 Å². The van der Waals surface area contributed by atoms with Gasteiger partial charge in [0.05, 0.1) is 5.75 Å². The number of hydrogen-bond donors (Lipinski definition) is 1. The van der Waals surface area contributed by atoms with E-state index in [2.05, 4.69) is 40.3 Å². The summed E-state index contributed by atoms with van der Waals surface area (Å²) in [6, 6.07) is 16.3. The van der Waals surface area contributed by atoms with Crippen LogP contribution in [0.25, 0.3) is 28.0 Å². The number of aromatic nitrogens is 4. The van der Waals surface area contributed by atoms with Gasteiger partial charge in [-0.3, -0.25) is 14.2 Å². The third-order valence-corrected chi connectivity index (χ3v) is 7.04. The quantitative estimate of drug-likeness (QED) is 0.448. The molecule has 9 heteroatoms. The SMILES string of the molecule is CC(=O)N1CCN(C(=O)CSc2nnc(-c3c[nH]c4ccccc34)n2-c2cccc(C)c2)CC1. The maximum absolute atomic E-state index is 12.9. The molecule has 2 amide bonds. The van der Waals surface area contributed by atoms with Crippen LogP contribution < -0.4 is 0 Å². The summed E-state index contributed by atoms with van der Waals surface area (Å²) in [7, 11) is 0. The molecule has 0 saturated carbocycles. The second-order valence-electron chi connectivity index (χ2n) is 8.40. The van der Waals surface area contributed by atoms with E-state index in [-0.39, 0.29) is 17.6 Å². The van der Waals surface area contributed by atoms with Crippen LogP contribution >= 0.6 is 11.8 Å². The predicted octanol–water partition coefficient (Wildman–Crippen LogP) is 3.51. The van der Waals surface area contributed by atoms with Crippen LogP contribution in [0.15, 0.2) is 59.9 Å². The molecule has 3 heterocycles. The number of para-hydroxylation sites is 1. The van der Waals surface area contributed by atoms with Gasteiger partial charge in [0.1, 0.15) is 0 Å². The first-order valence-corrected chi connectivity index (χ1v) is 12.2. The summed E-state index contributed by atoms with van der Waals surface area (Å²) in [6.45, 7) is 5.90. The number of fused-ring (bicyclic) bond motifs is 1. The van der Waals surface area contributed by atoms with E-state index in [1.54, 1.807) is 11.8 Å². The van der Waals surface area contributed by atoms with Gasteiger partial charge in [0.2, 0.25) is 11.8 Å². The highest BCUT2D eigenvalue weighted by molar-refractivity contribution is 7.99. The molecule has 1 fully saturated rings. The van der Waals surface area contributed by atoms with Gasteiger partial charge < -0.3 is 14.8 Å². The Bertz CT molecular complexity index is 1350. The Hall–Kier alpha value is -3.59. The Morgan fingerprint density at radius 2 is 1.76 bits per heavy atom. The Labute approximate surface area is 202 Å². The van der Waals surface area contributed by atoms with Crippen molar-refractivity contribution in [3.8, 4) is 17.1 Å². The van der Waals surface area contributed by atoms with Crippen molar-refractivity contribution in [2.45, 2.75) is 19.0 Å². The molecule has 174 valence electrons. The van der Waals surface area contributed by atoms with Crippen molar-refractivity contribution in [3.05, 3.63) is 60.3 Å². The lowest BCUT2D eigenvalue weighted by Gasteiger charge is -2.34. The van der Waals surface area contributed by atoms with E-state index in [0.717, 1.165) is 33.5 Å². The van der Waals surface area contributed by atoms with Crippen LogP contribution in [-0.4, -0.2) is 73.3 Å². The van der Waals surface area contributed by atoms with Crippen LogP contribution in [0.3, 0.4) is 0 Å². The highest BCUT2D eigenvalue weighted by Crippen LogP contribution is 2.32. The summed E-state index contributed by atoms with van der Waals surface area (Å²) in [4.78, 5) is 31.4. The van der Waals surface area contributed by atoms with Crippen LogP contribution in [0.2, 0.25) is 0 Å². The van der Waals surface area contributed by atoms with E-state index in [4.69, 9.17) is 0 Å². The Morgan fingerprint density at radius 3 is 2.53 bits per heavy atom. The van der Waals surface area contributed by atoms with Gasteiger partial charge in [-0.2, -0.15) is 0 Å². The minimum Gasteiger partial charge on any atom is -0.360 e. The fourth-order valence-corrected chi connectivity index (χ4v) is 5.14. The molecule has 0 unspecified atom stereocenters. The number of nitrogens with zero attached hydrogens (tertiary/aromatic N) is 5. The smallest absolute Gasteiger partial charge is 0.233 e. The van der Waals surface area contributed by atoms with Crippen molar-refractivity contribution in [2.24, 2.45) is 0 Å². The average molecular weight is 475 g/mol. The van der Waals surface area contributed by atoms with Gasteiger partial charge in [0, 0.05) is 61.5 Å². The predicted molar refractivity (Wildman–Crippen MR) is 133 cm³/mol. The van der Waals surface area contributed by atoms with Crippen molar-refractivity contribution in [1.29, 1.82) is 0 Å². The number of benzene rings is 2. The summed E-state index contributed by atoms with van der Waals surface area (Å²) in [6.07, 6.45) is 1.95. The van der Waals surface area contributed by atoms with Gasteiger partial charge in [0.25, 0.3) is 0 Å². The first kappa shape index (κ1) is 22.2. The zero-order chi connectivity index (χ0) is 23.7. The van der Waals surface area contributed by atoms with Gasteiger partial charge in [-0.05, 0) is 30.7 Å². The molecule has 0 radical (unpaired) electrons. The zero-order valence-corrected chi connectivity index (χ0v) is 20.0. The minimum atomic E-state index is 0.0423. The third kappa shape index (κ3) is 4.31. The third-order valence-electron chi connectivity index (χ3n) is 6.13. The van der Waals surface area contributed by atoms with Crippen LogP contribution in [-0.2, 0) is 9.59 Å². The molecule has 4 aromatic rings. The second kappa shape index (κ2) is 9.34. The molecule has 2 aromatic heterocycles. The number of carbonyl (C=O) groups is 2. The molecule has 0 aliphatic carbocycles. The van der Waals surface area contributed by atoms with Gasteiger partial charge in [-0.15, -0.1) is 10.2 Å². The number of aromatic amines is 1. The molecule has 0 atom stereocenters. The standard InChI is InChI=1S/C25H26N6O2S/c1-17-6-5-7-19(14-17)31-24(21-15-26-22-9-4-3-8-20(21)22)27-28-25(31)34-16-23(33)30-12-10-29(11-13-30)18(2)32/h3-9,14-15,26H,10-13,16H2,1-2H3. The van der Waals surface area contributed by atoms with Crippen molar-refractivity contribution < 1.29 is 9.59 Å². The van der Waals surface area contributed by atoms with E-state index in [9.17, 15) is 9.59 Å². The number of H-pyrrole nitrogens is 1. The fourth-order valence-electron chi connectivity index (χ4n) is 4.28. The first-order valence-electron chi connectivity index (χ1n) is 11.3. The maximum atomic E-state index is 12.9. The van der Waals surface area contributed by atoms with E-state index in [0.29, 0.717) is 31.3 Å².